The topological polar surface area (TPSA) is 47.6 Å². The van der Waals surface area contributed by atoms with E-state index in [1.807, 2.05) is 18.2 Å². The van der Waals surface area contributed by atoms with Gasteiger partial charge in [0.25, 0.3) is 0 Å². The van der Waals surface area contributed by atoms with Crippen LogP contribution in [-0.2, 0) is 0 Å². The van der Waals surface area contributed by atoms with Crippen LogP contribution < -0.4 is 0 Å². The maximum Gasteiger partial charge on any atom is 0.129 e. The molecular formula is C11H12N2. The maximum atomic E-state index is 8.73. The highest BCUT2D eigenvalue weighted by atomic mass is 14.3. The molecule has 0 heterocycles. The van der Waals surface area contributed by atoms with Crippen LogP contribution in [-0.4, -0.2) is 0 Å². The van der Waals surface area contributed by atoms with Gasteiger partial charge in [-0.3, -0.25) is 0 Å². The fourth-order valence-corrected chi connectivity index (χ4v) is 1.78. The molecule has 0 amide bonds. The molecule has 0 aliphatic heterocycles. The Hall–Kier alpha value is -1.54. The van der Waals surface area contributed by atoms with Crippen molar-refractivity contribution < 1.29 is 0 Å². The molecule has 0 aromatic heterocycles. The molecule has 2 heteroatoms. The van der Waals surface area contributed by atoms with Crippen molar-refractivity contribution in [2.24, 2.45) is 5.92 Å². The van der Waals surface area contributed by atoms with E-state index in [0.29, 0.717) is 5.57 Å². The quantitative estimate of drug-likeness (QED) is 0.451. The van der Waals surface area contributed by atoms with Crippen molar-refractivity contribution in [3.8, 4) is 12.1 Å². The van der Waals surface area contributed by atoms with Gasteiger partial charge in [-0.1, -0.05) is 12.5 Å². The van der Waals surface area contributed by atoms with Gasteiger partial charge in [0.05, 0.1) is 0 Å². The standard InChI is InChI=1S/C11H12N2/c1-2-9-5-3-4-6-11(9)10(7-12)8-13/h2,9H,1,3-6H2. The lowest BCUT2D eigenvalue weighted by molar-refractivity contribution is 0.518. The Morgan fingerprint density at radius 2 is 2.08 bits per heavy atom. The van der Waals surface area contributed by atoms with Gasteiger partial charge in [-0.15, -0.1) is 6.58 Å². The average molecular weight is 172 g/mol. The molecule has 13 heavy (non-hydrogen) atoms. The van der Waals surface area contributed by atoms with Crippen molar-refractivity contribution in [3.05, 3.63) is 23.8 Å². The first-order valence-electron chi connectivity index (χ1n) is 4.49. The smallest absolute Gasteiger partial charge is 0.129 e. The van der Waals surface area contributed by atoms with Gasteiger partial charge in [-0.2, -0.15) is 10.5 Å². The van der Waals surface area contributed by atoms with E-state index in [-0.39, 0.29) is 5.92 Å². The van der Waals surface area contributed by atoms with Crippen LogP contribution in [0, 0.1) is 28.6 Å². The van der Waals surface area contributed by atoms with Gasteiger partial charge in [0.2, 0.25) is 0 Å². The molecule has 0 aromatic carbocycles. The molecule has 1 aliphatic rings. The Labute approximate surface area is 78.8 Å². The summed E-state index contributed by atoms with van der Waals surface area (Å²) < 4.78 is 0. The molecule has 1 atom stereocenters. The SMILES string of the molecule is C=CC1CCCCC1=C(C#N)C#N. The van der Waals surface area contributed by atoms with Crippen molar-refractivity contribution in [1.29, 1.82) is 10.5 Å². The van der Waals surface area contributed by atoms with Crippen molar-refractivity contribution in [2.75, 3.05) is 0 Å². The highest BCUT2D eigenvalue weighted by molar-refractivity contribution is 5.42. The summed E-state index contributed by atoms with van der Waals surface area (Å²) in [4.78, 5) is 0. The molecule has 0 spiro atoms. The van der Waals surface area contributed by atoms with E-state index in [1.165, 1.54) is 6.42 Å². The number of allylic oxidation sites excluding steroid dienone is 3. The third-order valence-electron chi connectivity index (χ3n) is 2.49. The summed E-state index contributed by atoms with van der Waals surface area (Å²) in [7, 11) is 0. The van der Waals surface area contributed by atoms with E-state index >= 15 is 0 Å². The van der Waals surface area contributed by atoms with Crippen LogP contribution in [0.3, 0.4) is 0 Å². The minimum atomic E-state index is 0.253. The first-order valence-corrected chi connectivity index (χ1v) is 4.49. The third kappa shape index (κ3) is 1.98. The molecule has 1 fully saturated rings. The Kier molecular flexibility index (Phi) is 3.29. The van der Waals surface area contributed by atoms with Crippen LogP contribution in [0.4, 0.5) is 0 Å². The Morgan fingerprint density at radius 1 is 1.38 bits per heavy atom. The Morgan fingerprint density at radius 3 is 2.62 bits per heavy atom. The molecule has 66 valence electrons. The highest BCUT2D eigenvalue weighted by Gasteiger charge is 2.19. The number of nitrogens with zero attached hydrogens (tertiary/aromatic N) is 2. The molecular weight excluding hydrogens is 160 g/mol. The normalized spacial score (nSPS) is 21.4. The summed E-state index contributed by atoms with van der Waals surface area (Å²) in [6, 6.07) is 3.91. The van der Waals surface area contributed by atoms with E-state index in [0.717, 1.165) is 24.8 Å². The number of hydrogen-bond donors (Lipinski definition) is 0. The Bertz CT molecular complexity index is 296. The van der Waals surface area contributed by atoms with E-state index in [1.54, 1.807) is 0 Å². The van der Waals surface area contributed by atoms with E-state index in [2.05, 4.69) is 6.58 Å². The van der Waals surface area contributed by atoms with Crippen molar-refractivity contribution in [2.45, 2.75) is 25.7 Å². The van der Waals surface area contributed by atoms with Crippen molar-refractivity contribution in [3.63, 3.8) is 0 Å². The molecule has 1 unspecified atom stereocenters. The lowest BCUT2D eigenvalue weighted by atomic mass is 9.82. The number of rotatable bonds is 1. The molecule has 0 bridgehead atoms. The second kappa shape index (κ2) is 4.48. The zero-order chi connectivity index (χ0) is 9.68. The summed E-state index contributed by atoms with van der Waals surface area (Å²) in [5.74, 6) is 0.253. The molecule has 1 rings (SSSR count). The van der Waals surface area contributed by atoms with Gasteiger partial charge in [0.15, 0.2) is 0 Å². The van der Waals surface area contributed by atoms with Crippen LogP contribution >= 0.6 is 0 Å². The van der Waals surface area contributed by atoms with Crippen LogP contribution in [0.15, 0.2) is 23.8 Å². The molecule has 2 nitrogen and oxygen atoms in total. The van der Waals surface area contributed by atoms with Crippen LogP contribution in [0.2, 0.25) is 0 Å². The maximum absolute atomic E-state index is 8.73. The largest absolute Gasteiger partial charge is 0.192 e. The average Bonchev–Trinajstić information content (AvgIpc) is 2.20. The summed E-state index contributed by atoms with van der Waals surface area (Å²) in [6.07, 6.45) is 6.03. The second-order valence-corrected chi connectivity index (χ2v) is 3.21. The zero-order valence-corrected chi connectivity index (χ0v) is 7.58. The minimum Gasteiger partial charge on any atom is -0.192 e. The summed E-state index contributed by atoms with van der Waals surface area (Å²) in [5, 5.41) is 17.5. The van der Waals surface area contributed by atoms with E-state index in [9.17, 15) is 0 Å². The summed E-state index contributed by atoms with van der Waals surface area (Å²) in [5.41, 5.74) is 1.29. The monoisotopic (exact) mass is 172 g/mol. The highest BCUT2D eigenvalue weighted by Crippen LogP contribution is 2.31. The fraction of sp³-hybridized carbons (Fsp3) is 0.455. The van der Waals surface area contributed by atoms with Crippen LogP contribution in [0.25, 0.3) is 0 Å². The Balaban J connectivity index is 3.00. The van der Waals surface area contributed by atoms with Gasteiger partial charge >= 0.3 is 0 Å². The van der Waals surface area contributed by atoms with Gasteiger partial charge in [0.1, 0.15) is 17.7 Å². The molecule has 0 N–H and O–H groups in total. The molecule has 1 saturated carbocycles. The van der Waals surface area contributed by atoms with Gasteiger partial charge in [-0.25, -0.2) is 0 Å². The summed E-state index contributed by atoms with van der Waals surface area (Å²) >= 11 is 0. The third-order valence-corrected chi connectivity index (χ3v) is 2.49. The first-order chi connectivity index (χ1) is 6.33. The fourth-order valence-electron chi connectivity index (χ4n) is 1.78. The molecule has 0 aromatic rings. The van der Waals surface area contributed by atoms with Gasteiger partial charge in [0, 0.05) is 0 Å². The second-order valence-electron chi connectivity index (χ2n) is 3.21. The van der Waals surface area contributed by atoms with Crippen LogP contribution in [0.5, 0.6) is 0 Å². The molecule has 0 radical (unpaired) electrons. The van der Waals surface area contributed by atoms with Crippen LogP contribution in [0.1, 0.15) is 25.7 Å². The lowest BCUT2D eigenvalue weighted by Crippen LogP contribution is -2.09. The lowest BCUT2D eigenvalue weighted by Gasteiger charge is -2.21. The van der Waals surface area contributed by atoms with E-state index in [4.69, 9.17) is 10.5 Å². The predicted molar refractivity (Wildman–Crippen MR) is 50.4 cm³/mol. The number of nitriles is 2. The van der Waals surface area contributed by atoms with Gasteiger partial charge in [-0.05, 0) is 30.8 Å². The zero-order valence-electron chi connectivity index (χ0n) is 7.58. The first kappa shape index (κ1) is 9.55. The van der Waals surface area contributed by atoms with E-state index < -0.39 is 0 Å². The van der Waals surface area contributed by atoms with Gasteiger partial charge < -0.3 is 0 Å². The molecule has 0 saturated heterocycles. The summed E-state index contributed by atoms with van der Waals surface area (Å²) in [6.45, 7) is 3.73. The number of hydrogen-bond acceptors (Lipinski definition) is 2. The van der Waals surface area contributed by atoms with Crippen molar-refractivity contribution >= 4 is 0 Å². The predicted octanol–water partition coefficient (Wildman–Crippen LogP) is 2.71. The van der Waals surface area contributed by atoms with Crippen molar-refractivity contribution in [1.82, 2.24) is 0 Å². The minimum absolute atomic E-state index is 0.253. The molecule has 1 aliphatic carbocycles.